The molecule has 0 radical (unpaired) electrons. The van der Waals surface area contributed by atoms with Crippen LogP contribution in [0.1, 0.15) is 52.9 Å². The highest BCUT2D eigenvalue weighted by atomic mass is 16.2. The molecule has 2 atom stereocenters. The summed E-state index contributed by atoms with van der Waals surface area (Å²) in [6, 6.07) is -0.583. The summed E-state index contributed by atoms with van der Waals surface area (Å²) >= 11 is 0. The molecule has 0 aromatic rings. The Morgan fingerprint density at radius 3 is 2.38 bits per heavy atom. The zero-order chi connectivity index (χ0) is 12.6. The SMILES string of the molecule is CCCCCC(=O)NC(=O)[C@@H](N)[C@@H](C)CC. The fourth-order valence-corrected chi connectivity index (χ4v) is 1.33. The van der Waals surface area contributed by atoms with E-state index in [-0.39, 0.29) is 17.7 Å². The van der Waals surface area contributed by atoms with Gasteiger partial charge in [-0.2, -0.15) is 0 Å². The van der Waals surface area contributed by atoms with Crippen LogP contribution in [0.2, 0.25) is 0 Å². The molecule has 0 aliphatic heterocycles. The van der Waals surface area contributed by atoms with Gasteiger partial charge in [0.2, 0.25) is 11.8 Å². The van der Waals surface area contributed by atoms with Crippen LogP contribution in [0.15, 0.2) is 0 Å². The molecule has 0 unspecified atom stereocenters. The molecule has 0 saturated carbocycles. The van der Waals surface area contributed by atoms with Gasteiger partial charge in [-0.15, -0.1) is 0 Å². The maximum absolute atomic E-state index is 11.5. The molecule has 4 heteroatoms. The second kappa shape index (κ2) is 8.28. The Kier molecular flexibility index (Phi) is 7.81. The van der Waals surface area contributed by atoms with Gasteiger partial charge in [0, 0.05) is 6.42 Å². The number of amides is 2. The monoisotopic (exact) mass is 228 g/mol. The molecule has 16 heavy (non-hydrogen) atoms. The molecule has 4 nitrogen and oxygen atoms in total. The zero-order valence-electron chi connectivity index (χ0n) is 10.6. The third kappa shape index (κ3) is 5.85. The van der Waals surface area contributed by atoms with Gasteiger partial charge in [0.05, 0.1) is 6.04 Å². The van der Waals surface area contributed by atoms with E-state index in [1.165, 1.54) is 0 Å². The second-order valence-electron chi connectivity index (χ2n) is 4.28. The minimum atomic E-state index is -0.583. The first-order valence-corrected chi connectivity index (χ1v) is 6.12. The van der Waals surface area contributed by atoms with Crippen molar-refractivity contribution < 1.29 is 9.59 Å². The molecule has 0 aromatic carbocycles. The number of hydrogen-bond acceptors (Lipinski definition) is 3. The first-order valence-electron chi connectivity index (χ1n) is 6.12. The summed E-state index contributed by atoms with van der Waals surface area (Å²) < 4.78 is 0. The molecular weight excluding hydrogens is 204 g/mol. The Hall–Kier alpha value is -0.900. The average molecular weight is 228 g/mol. The molecule has 0 aliphatic carbocycles. The molecule has 0 saturated heterocycles. The fraction of sp³-hybridized carbons (Fsp3) is 0.833. The summed E-state index contributed by atoms with van der Waals surface area (Å²) in [5.41, 5.74) is 5.71. The van der Waals surface area contributed by atoms with Gasteiger partial charge < -0.3 is 5.73 Å². The zero-order valence-corrected chi connectivity index (χ0v) is 10.6. The Morgan fingerprint density at radius 2 is 1.88 bits per heavy atom. The molecule has 0 heterocycles. The van der Waals surface area contributed by atoms with Crippen LogP contribution in [-0.2, 0) is 9.59 Å². The normalized spacial score (nSPS) is 14.2. The van der Waals surface area contributed by atoms with Gasteiger partial charge in [-0.05, 0) is 12.3 Å². The van der Waals surface area contributed by atoms with Gasteiger partial charge in [0.1, 0.15) is 0 Å². The van der Waals surface area contributed by atoms with E-state index in [1.807, 2.05) is 13.8 Å². The van der Waals surface area contributed by atoms with E-state index in [2.05, 4.69) is 12.2 Å². The third-order valence-corrected chi connectivity index (χ3v) is 2.83. The van der Waals surface area contributed by atoms with Gasteiger partial charge in [-0.3, -0.25) is 14.9 Å². The van der Waals surface area contributed by atoms with Crippen LogP contribution >= 0.6 is 0 Å². The standard InChI is InChI=1S/C12H24N2O2/c1-4-6-7-8-10(15)14-12(16)11(13)9(3)5-2/h9,11H,4-8,13H2,1-3H3,(H,14,15,16)/t9-,11-/m0/s1. The van der Waals surface area contributed by atoms with Crippen molar-refractivity contribution in [2.45, 2.75) is 58.9 Å². The second-order valence-corrected chi connectivity index (χ2v) is 4.28. The molecule has 94 valence electrons. The average Bonchev–Trinajstić information content (AvgIpc) is 2.27. The fourth-order valence-electron chi connectivity index (χ4n) is 1.33. The van der Waals surface area contributed by atoms with Gasteiger partial charge in [0.15, 0.2) is 0 Å². The van der Waals surface area contributed by atoms with Crippen LogP contribution in [0, 0.1) is 5.92 Å². The van der Waals surface area contributed by atoms with Gasteiger partial charge >= 0.3 is 0 Å². The largest absolute Gasteiger partial charge is 0.320 e. The minimum Gasteiger partial charge on any atom is -0.320 e. The van der Waals surface area contributed by atoms with Crippen molar-refractivity contribution in [2.24, 2.45) is 11.7 Å². The highest BCUT2D eigenvalue weighted by molar-refractivity contribution is 5.97. The van der Waals surface area contributed by atoms with Crippen LogP contribution in [0.3, 0.4) is 0 Å². The van der Waals surface area contributed by atoms with Crippen LogP contribution in [0.25, 0.3) is 0 Å². The van der Waals surface area contributed by atoms with E-state index in [1.54, 1.807) is 0 Å². The van der Waals surface area contributed by atoms with Crippen molar-refractivity contribution >= 4 is 11.8 Å². The number of carbonyl (C=O) groups excluding carboxylic acids is 2. The number of unbranched alkanes of at least 4 members (excludes halogenated alkanes) is 2. The van der Waals surface area contributed by atoms with Crippen molar-refractivity contribution in [1.82, 2.24) is 5.32 Å². The minimum absolute atomic E-state index is 0.100. The van der Waals surface area contributed by atoms with Crippen LogP contribution in [0.4, 0.5) is 0 Å². The van der Waals surface area contributed by atoms with Gasteiger partial charge in [0.25, 0.3) is 0 Å². The quantitative estimate of drug-likeness (QED) is 0.650. The number of rotatable bonds is 7. The molecule has 0 rings (SSSR count). The Bertz CT molecular complexity index is 229. The van der Waals surface area contributed by atoms with Crippen molar-refractivity contribution in [3.05, 3.63) is 0 Å². The summed E-state index contributed by atoms with van der Waals surface area (Å²) in [6.45, 7) is 5.95. The maximum Gasteiger partial charge on any atom is 0.243 e. The lowest BCUT2D eigenvalue weighted by molar-refractivity contribution is -0.131. The lowest BCUT2D eigenvalue weighted by Gasteiger charge is -2.16. The van der Waals surface area contributed by atoms with Crippen LogP contribution < -0.4 is 11.1 Å². The van der Waals surface area contributed by atoms with E-state index < -0.39 is 6.04 Å². The Labute approximate surface area is 98.0 Å². The highest BCUT2D eigenvalue weighted by Crippen LogP contribution is 2.05. The van der Waals surface area contributed by atoms with Crippen molar-refractivity contribution in [1.29, 1.82) is 0 Å². The molecular formula is C12H24N2O2. The van der Waals surface area contributed by atoms with E-state index in [0.717, 1.165) is 25.7 Å². The molecule has 0 aromatic heterocycles. The highest BCUT2D eigenvalue weighted by Gasteiger charge is 2.20. The van der Waals surface area contributed by atoms with Crippen LogP contribution in [-0.4, -0.2) is 17.9 Å². The Morgan fingerprint density at radius 1 is 1.25 bits per heavy atom. The first-order chi connectivity index (χ1) is 7.52. The van der Waals surface area contributed by atoms with E-state index in [9.17, 15) is 9.59 Å². The van der Waals surface area contributed by atoms with Crippen molar-refractivity contribution in [2.75, 3.05) is 0 Å². The first kappa shape index (κ1) is 15.1. The topological polar surface area (TPSA) is 72.2 Å². The number of imide groups is 1. The summed E-state index contributed by atoms with van der Waals surface area (Å²) in [6.07, 6.45) is 4.15. The molecule has 0 fully saturated rings. The van der Waals surface area contributed by atoms with E-state index >= 15 is 0 Å². The van der Waals surface area contributed by atoms with Gasteiger partial charge in [-0.1, -0.05) is 40.0 Å². The predicted octanol–water partition coefficient (Wildman–Crippen LogP) is 1.58. The number of hydrogen-bond donors (Lipinski definition) is 2. The molecule has 0 spiro atoms. The smallest absolute Gasteiger partial charge is 0.243 e. The maximum atomic E-state index is 11.5. The summed E-state index contributed by atoms with van der Waals surface area (Å²) in [5.74, 6) is -0.462. The predicted molar refractivity (Wildman–Crippen MR) is 64.7 cm³/mol. The molecule has 0 aliphatic rings. The number of carbonyl (C=O) groups is 2. The van der Waals surface area contributed by atoms with E-state index in [4.69, 9.17) is 5.73 Å². The lowest BCUT2D eigenvalue weighted by Crippen LogP contribution is -2.46. The molecule has 2 amide bonds. The summed E-state index contributed by atoms with van der Waals surface area (Å²) in [4.78, 5) is 22.9. The van der Waals surface area contributed by atoms with Crippen LogP contribution in [0.5, 0.6) is 0 Å². The van der Waals surface area contributed by atoms with Gasteiger partial charge in [-0.25, -0.2) is 0 Å². The van der Waals surface area contributed by atoms with E-state index in [0.29, 0.717) is 6.42 Å². The Balaban J connectivity index is 3.90. The summed E-state index contributed by atoms with van der Waals surface area (Å²) in [7, 11) is 0. The van der Waals surface area contributed by atoms with Crippen molar-refractivity contribution in [3.8, 4) is 0 Å². The molecule has 3 N–H and O–H groups in total. The third-order valence-electron chi connectivity index (χ3n) is 2.83. The number of nitrogens with two attached hydrogens (primary N) is 1. The molecule has 0 bridgehead atoms. The van der Waals surface area contributed by atoms with Crippen molar-refractivity contribution in [3.63, 3.8) is 0 Å². The lowest BCUT2D eigenvalue weighted by atomic mass is 9.99. The number of nitrogens with one attached hydrogen (secondary N) is 1. The summed E-state index contributed by atoms with van der Waals surface area (Å²) in [5, 5.41) is 2.35.